The van der Waals surface area contributed by atoms with Gasteiger partial charge in [0.25, 0.3) is 0 Å². The van der Waals surface area contributed by atoms with Gasteiger partial charge in [-0.05, 0) is 42.3 Å². The van der Waals surface area contributed by atoms with Crippen molar-refractivity contribution in [3.05, 3.63) is 83.3 Å². The highest BCUT2D eigenvalue weighted by atomic mass is 19.1. The normalized spacial score (nSPS) is 13.3. The maximum absolute atomic E-state index is 13.8. The van der Waals surface area contributed by atoms with E-state index in [0.717, 1.165) is 28.3 Å². The fraction of sp³-hybridized carbons (Fsp3) is 0.240. The van der Waals surface area contributed by atoms with Crippen LogP contribution in [0.2, 0.25) is 0 Å². The van der Waals surface area contributed by atoms with Crippen LogP contribution in [0.4, 0.5) is 4.39 Å². The van der Waals surface area contributed by atoms with Gasteiger partial charge in [-0.1, -0.05) is 30.3 Å². The lowest BCUT2D eigenvalue weighted by Crippen LogP contribution is -2.38. The van der Waals surface area contributed by atoms with Crippen molar-refractivity contribution in [1.82, 2.24) is 19.7 Å². The van der Waals surface area contributed by atoms with Crippen LogP contribution in [0.5, 0.6) is 0 Å². The van der Waals surface area contributed by atoms with Crippen molar-refractivity contribution in [3.8, 4) is 22.5 Å². The second-order valence-corrected chi connectivity index (χ2v) is 8.07. The monoisotopic (exact) mass is 430 g/mol. The van der Waals surface area contributed by atoms with Gasteiger partial charge in [-0.2, -0.15) is 5.10 Å². The number of halogens is 1. The van der Waals surface area contributed by atoms with Gasteiger partial charge in [0.05, 0.1) is 17.9 Å². The van der Waals surface area contributed by atoms with Crippen molar-refractivity contribution in [2.45, 2.75) is 33.4 Å². The summed E-state index contributed by atoms with van der Waals surface area (Å²) in [4.78, 5) is 19.4. The fourth-order valence-electron chi connectivity index (χ4n) is 4.09. The molecule has 32 heavy (non-hydrogen) atoms. The minimum Gasteiger partial charge on any atom is -0.446 e. The third-order valence-electron chi connectivity index (χ3n) is 5.78. The first-order valence-electron chi connectivity index (χ1n) is 10.6. The minimum atomic E-state index is -0.251. The molecule has 0 unspecified atom stereocenters. The van der Waals surface area contributed by atoms with Crippen LogP contribution in [0.1, 0.15) is 22.9 Å². The average Bonchev–Trinajstić information content (AvgIpc) is 3.38. The van der Waals surface area contributed by atoms with Crippen LogP contribution in [0, 0.1) is 19.7 Å². The Morgan fingerprint density at radius 2 is 1.91 bits per heavy atom. The van der Waals surface area contributed by atoms with Gasteiger partial charge in [0, 0.05) is 25.5 Å². The van der Waals surface area contributed by atoms with Gasteiger partial charge in [0.15, 0.2) is 5.89 Å². The van der Waals surface area contributed by atoms with Gasteiger partial charge in [-0.25, -0.2) is 9.37 Å². The molecule has 3 heterocycles. The average molecular weight is 430 g/mol. The van der Waals surface area contributed by atoms with Crippen LogP contribution in [-0.2, 0) is 24.3 Å². The predicted octanol–water partition coefficient (Wildman–Crippen LogP) is 4.55. The standard InChI is InChI=1S/C25H23FN4O2/c1-16-12-19(8-9-20(16)26)21-13-23(18-6-4-3-5-7-18)30(28-21)15-25(31)29-11-10-24-22(14-29)27-17(2)32-24/h3-9,12-13H,10-11,14-15H2,1-2H3. The van der Waals surface area contributed by atoms with Crippen molar-refractivity contribution in [2.75, 3.05) is 6.54 Å². The number of hydrogen-bond donors (Lipinski definition) is 0. The maximum Gasteiger partial charge on any atom is 0.244 e. The predicted molar refractivity (Wildman–Crippen MR) is 118 cm³/mol. The Kier molecular flexibility index (Phi) is 5.09. The fourth-order valence-corrected chi connectivity index (χ4v) is 4.09. The van der Waals surface area contributed by atoms with Crippen LogP contribution in [0.25, 0.3) is 22.5 Å². The number of carbonyl (C=O) groups is 1. The number of hydrogen-bond acceptors (Lipinski definition) is 4. The van der Waals surface area contributed by atoms with Gasteiger partial charge in [-0.15, -0.1) is 0 Å². The summed E-state index contributed by atoms with van der Waals surface area (Å²) in [6, 6.07) is 16.7. The van der Waals surface area contributed by atoms with Crippen LogP contribution < -0.4 is 0 Å². The van der Waals surface area contributed by atoms with E-state index in [0.29, 0.717) is 36.7 Å². The van der Waals surface area contributed by atoms with E-state index in [1.54, 1.807) is 28.6 Å². The number of oxazole rings is 1. The molecule has 5 rings (SSSR count). The van der Waals surface area contributed by atoms with Gasteiger partial charge in [0.2, 0.25) is 5.91 Å². The highest BCUT2D eigenvalue weighted by molar-refractivity contribution is 5.78. The summed E-state index contributed by atoms with van der Waals surface area (Å²) < 4.78 is 21.1. The first kappa shape index (κ1) is 20.2. The second-order valence-electron chi connectivity index (χ2n) is 8.07. The molecule has 0 fully saturated rings. The molecule has 162 valence electrons. The van der Waals surface area contributed by atoms with Crippen molar-refractivity contribution in [1.29, 1.82) is 0 Å². The molecule has 0 spiro atoms. The van der Waals surface area contributed by atoms with Crippen molar-refractivity contribution >= 4 is 5.91 Å². The van der Waals surface area contributed by atoms with Crippen molar-refractivity contribution in [2.24, 2.45) is 0 Å². The Bertz CT molecular complexity index is 1290. The minimum absolute atomic E-state index is 0.0292. The molecule has 0 radical (unpaired) electrons. The van der Waals surface area contributed by atoms with Crippen LogP contribution >= 0.6 is 0 Å². The van der Waals surface area contributed by atoms with E-state index in [1.165, 1.54) is 6.07 Å². The number of carbonyl (C=O) groups excluding carboxylic acids is 1. The topological polar surface area (TPSA) is 64.2 Å². The molecule has 6 nitrogen and oxygen atoms in total. The first-order chi connectivity index (χ1) is 15.5. The number of nitrogens with zero attached hydrogens (tertiary/aromatic N) is 4. The molecule has 0 aliphatic carbocycles. The lowest BCUT2D eigenvalue weighted by Gasteiger charge is -2.25. The molecule has 1 aliphatic heterocycles. The molecule has 2 aromatic heterocycles. The van der Waals surface area contributed by atoms with Gasteiger partial charge < -0.3 is 9.32 Å². The molecular weight excluding hydrogens is 407 g/mol. The molecule has 1 aliphatic rings. The zero-order valence-corrected chi connectivity index (χ0v) is 18.0. The number of aryl methyl sites for hydroxylation is 2. The quantitative estimate of drug-likeness (QED) is 0.477. The smallest absolute Gasteiger partial charge is 0.244 e. The second kappa shape index (κ2) is 8.07. The van der Waals surface area contributed by atoms with Crippen molar-refractivity contribution < 1.29 is 13.6 Å². The molecule has 0 bridgehead atoms. The molecule has 2 aromatic carbocycles. The Balaban J connectivity index is 1.46. The number of aromatic nitrogens is 3. The molecule has 0 saturated carbocycles. The van der Waals surface area contributed by atoms with Crippen molar-refractivity contribution in [3.63, 3.8) is 0 Å². The lowest BCUT2D eigenvalue weighted by molar-refractivity contribution is -0.133. The molecule has 7 heteroatoms. The summed E-state index contributed by atoms with van der Waals surface area (Å²) in [5, 5.41) is 4.72. The van der Waals surface area contributed by atoms with Gasteiger partial charge in [-0.3, -0.25) is 9.48 Å². The number of amides is 1. The summed E-state index contributed by atoms with van der Waals surface area (Å²) in [7, 11) is 0. The van der Waals surface area contributed by atoms with Crippen LogP contribution in [-0.4, -0.2) is 32.1 Å². The van der Waals surface area contributed by atoms with Crippen LogP contribution in [0.15, 0.2) is 59.0 Å². The Labute approximate surface area is 185 Å². The molecule has 0 atom stereocenters. The van der Waals surface area contributed by atoms with E-state index < -0.39 is 0 Å². The number of fused-ring (bicyclic) bond motifs is 1. The summed E-state index contributed by atoms with van der Waals surface area (Å²) in [5.41, 5.74) is 4.70. The zero-order valence-electron chi connectivity index (χ0n) is 18.0. The Morgan fingerprint density at radius 1 is 1.09 bits per heavy atom. The molecular formula is C25H23FN4O2. The third-order valence-corrected chi connectivity index (χ3v) is 5.78. The molecule has 0 saturated heterocycles. The third kappa shape index (κ3) is 3.82. The van der Waals surface area contributed by atoms with E-state index in [2.05, 4.69) is 4.98 Å². The maximum atomic E-state index is 13.8. The number of benzene rings is 2. The SMILES string of the molecule is Cc1nc2c(o1)CCN(C(=O)Cn1nc(-c3ccc(F)c(C)c3)cc1-c1ccccc1)C2. The van der Waals surface area contributed by atoms with E-state index in [4.69, 9.17) is 9.52 Å². The molecule has 0 N–H and O–H groups in total. The molecule has 1 amide bonds. The van der Waals surface area contributed by atoms with E-state index in [9.17, 15) is 9.18 Å². The lowest BCUT2D eigenvalue weighted by atomic mass is 10.1. The van der Waals surface area contributed by atoms with E-state index >= 15 is 0 Å². The largest absolute Gasteiger partial charge is 0.446 e. The highest BCUT2D eigenvalue weighted by Crippen LogP contribution is 2.28. The van der Waals surface area contributed by atoms with Crippen LogP contribution in [0.3, 0.4) is 0 Å². The summed E-state index contributed by atoms with van der Waals surface area (Å²) in [5.74, 6) is 1.21. The Morgan fingerprint density at radius 3 is 2.69 bits per heavy atom. The summed E-state index contributed by atoms with van der Waals surface area (Å²) in [6.07, 6.45) is 0.659. The summed E-state index contributed by atoms with van der Waals surface area (Å²) >= 11 is 0. The molecule has 4 aromatic rings. The zero-order chi connectivity index (χ0) is 22.2. The number of rotatable bonds is 4. The van der Waals surface area contributed by atoms with E-state index in [-0.39, 0.29) is 18.3 Å². The van der Waals surface area contributed by atoms with Gasteiger partial charge >= 0.3 is 0 Å². The van der Waals surface area contributed by atoms with E-state index in [1.807, 2.05) is 43.3 Å². The highest BCUT2D eigenvalue weighted by Gasteiger charge is 2.26. The first-order valence-corrected chi connectivity index (χ1v) is 10.6. The Hall–Kier alpha value is -3.74. The summed E-state index contributed by atoms with van der Waals surface area (Å²) in [6.45, 7) is 4.69. The van der Waals surface area contributed by atoms with Gasteiger partial charge in [0.1, 0.15) is 23.8 Å².